The molecule has 12 nitrogen and oxygen atoms in total. The average molecular weight is 718 g/mol. The van der Waals surface area contributed by atoms with Gasteiger partial charge in [0.05, 0.1) is 44.4 Å². The molecule has 12 heteroatoms. The van der Waals surface area contributed by atoms with Crippen LogP contribution in [0.15, 0.2) is 79.0 Å². The van der Waals surface area contributed by atoms with Crippen LogP contribution < -0.4 is 10.6 Å². The van der Waals surface area contributed by atoms with E-state index in [1.54, 1.807) is 19.0 Å². The van der Waals surface area contributed by atoms with Gasteiger partial charge in [-0.3, -0.25) is 24.2 Å². The number of likely N-dealkylation sites (tertiary alicyclic amines) is 1. The number of piperidine rings is 1. The molecule has 4 aliphatic rings. The quantitative estimate of drug-likeness (QED) is 0.252. The van der Waals surface area contributed by atoms with Crippen LogP contribution in [0.3, 0.4) is 0 Å². The fourth-order valence-electron chi connectivity index (χ4n) is 7.95. The summed E-state index contributed by atoms with van der Waals surface area (Å²) in [5.74, 6) is 0.512. The van der Waals surface area contributed by atoms with E-state index in [0.717, 1.165) is 62.5 Å². The van der Waals surface area contributed by atoms with E-state index in [1.165, 1.54) is 5.56 Å². The number of fused-ring (bicyclic) bond motifs is 2. The minimum absolute atomic E-state index is 0.0204. The Kier molecular flexibility index (Phi) is 9.86. The number of nitrogens with zero attached hydrogens (tertiary/aromatic N) is 5. The number of hydrogen-bond donors (Lipinski definition) is 2. The highest BCUT2D eigenvalue weighted by Crippen LogP contribution is 2.40. The standard InChI is InChI=1S/C41H47N7O5/c1-45(2)40(51)33-7-3-29(4-8-33)23-47-19-20-48-36(41(47)26-53-27-41)22-42-37(48)39(50)43-21-28-5-13-34(14-6-28)44-38(49)32-11-9-30(10-12-32)31-15-17-46(18-16-31)35-24-52-25-35/h3-14,22,31,35H,15-21,23-27H2,1-2H3,(H,43,50)(H,44,49). The van der Waals surface area contributed by atoms with Crippen molar-refractivity contribution in [2.75, 3.05) is 65.5 Å². The molecule has 0 bridgehead atoms. The van der Waals surface area contributed by atoms with Gasteiger partial charge in [0.15, 0.2) is 5.82 Å². The molecule has 0 atom stereocenters. The molecule has 4 aromatic rings. The first-order valence-electron chi connectivity index (χ1n) is 18.6. The molecule has 1 aromatic heterocycles. The number of carbonyl (C=O) groups is 3. The highest BCUT2D eigenvalue weighted by molar-refractivity contribution is 6.04. The largest absolute Gasteiger partial charge is 0.378 e. The second-order valence-electron chi connectivity index (χ2n) is 14.9. The van der Waals surface area contributed by atoms with Crippen molar-refractivity contribution in [3.05, 3.63) is 118 Å². The van der Waals surface area contributed by atoms with Gasteiger partial charge in [0, 0.05) is 57.1 Å². The van der Waals surface area contributed by atoms with Crippen molar-refractivity contribution in [1.82, 2.24) is 29.6 Å². The summed E-state index contributed by atoms with van der Waals surface area (Å²) < 4.78 is 13.1. The molecule has 3 saturated heterocycles. The number of ether oxygens (including phenoxy) is 2. The smallest absolute Gasteiger partial charge is 0.287 e. The molecule has 3 fully saturated rings. The average Bonchev–Trinajstić information content (AvgIpc) is 3.58. The van der Waals surface area contributed by atoms with Crippen LogP contribution in [0.1, 0.15) is 72.5 Å². The van der Waals surface area contributed by atoms with Gasteiger partial charge in [-0.25, -0.2) is 4.98 Å². The maximum Gasteiger partial charge on any atom is 0.287 e. The molecule has 53 heavy (non-hydrogen) atoms. The number of aromatic nitrogens is 2. The number of imidazole rings is 1. The van der Waals surface area contributed by atoms with E-state index in [4.69, 9.17) is 9.47 Å². The molecular formula is C41H47N7O5. The van der Waals surface area contributed by atoms with Gasteiger partial charge < -0.3 is 29.6 Å². The number of hydrogen-bond acceptors (Lipinski definition) is 8. The zero-order valence-electron chi connectivity index (χ0n) is 30.4. The Morgan fingerprint density at radius 1 is 0.811 bits per heavy atom. The van der Waals surface area contributed by atoms with Crippen molar-refractivity contribution < 1.29 is 23.9 Å². The van der Waals surface area contributed by atoms with Gasteiger partial charge >= 0.3 is 0 Å². The number of nitrogens with one attached hydrogen (secondary N) is 2. The first-order chi connectivity index (χ1) is 25.8. The van der Waals surface area contributed by atoms with Crippen LogP contribution >= 0.6 is 0 Å². The van der Waals surface area contributed by atoms with Crippen LogP contribution in [-0.4, -0.2) is 108 Å². The van der Waals surface area contributed by atoms with Crippen LogP contribution in [0.5, 0.6) is 0 Å². The molecule has 4 aliphatic heterocycles. The predicted octanol–water partition coefficient (Wildman–Crippen LogP) is 4.09. The van der Waals surface area contributed by atoms with Gasteiger partial charge in [-0.1, -0.05) is 36.4 Å². The highest BCUT2D eigenvalue weighted by Gasteiger charge is 2.50. The van der Waals surface area contributed by atoms with Crippen LogP contribution in [0, 0.1) is 0 Å². The number of amides is 3. The van der Waals surface area contributed by atoms with E-state index in [1.807, 2.05) is 71.4 Å². The number of benzene rings is 3. The van der Waals surface area contributed by atoms with Crippen molar-refractivity contribution in [1.29, 1.82) is 0 Å². The Hall–Kier alpha value is -4.88. The molecule has 0 saturated carbocycles. The third-order valence-corrected chi connectivity index (χ3v) is 11.4. The van der Waals surface area contributed by atoms with Gasteiger partial charge in [-0.2, -0.15) is 0 Å². The molecule has 1 spiro atoms. The van der Waals surface area contributed by atoms with E-state index in [2.05, 4.69) is 37.6 Å². The molecule has 0 unspecified atom stereocenters. The summed E-state index contributed by atoms with van der Waals surface area (Å²) in [5, 5.41) is 6.02. The minimum atomic E-state index is -0.354. The summed E-state index contributed by atoms with van der Waals surface area (Å²) in [6.45, 7) is 7.38. The minimum Gasteiger partial charge on any atom is -0.378 e. The van der Waals surface area contributed by atoms with E-state index in [9.17, 15) is 14.4 Å². The molecule has 8 rings (SSSR count). The number of rotatable bonds is 10. The summed E-state index contributed by atoms with van der Waals surface area (Å²) in [7, 11) is 3.50. The lowest BCUT2D eigenvalue weighted by Gasteiger charge is -2.52. The van der Waals surface area contributed by atoms with Crippen molar-refractivity contribution in [3.8, 4) is 0 Å². The van der Waals surface area contributed by atoms with E-state index in [-0.39, 0.29) is 23.3 Å². The van der Waals surface area contributed by atoms with Crippen LogP contribution in [0.4, 0.5) is 5.69 Å². The Balaban J connectivity index is 0.834. The van der Waals surface area contributed by atoms with Crippen molar-refractivity contribution >= 4 is 23.4 Å². The number of carbonyl (C=O) groups excluding carboxylic acids is 3. The van der Waals surface area contributed by atoms with Crippen LogP contribution in [0.25, 0.3) is 0 Å². The molecule has 0 aliphatic carbocycles. The Labute approximate surface area is 310 Å². The first kappa shape index (κ1) is 35.2. The van der Waals surface area contributed by atoms with E-state index >= 15 is 0 Å². The molecule has 276 valence electrons. The SMILES string of the molecule is CN(C)C(=O)c1ccc(CN2CCn3c(cnc3C(=O)NCc3ccc(NC(=O)c4ccc(C5CCN(C6COC6)CC5)cc4)cc3)C23COC3)cc1. The summed E-state index contributed by atoms with van der Waals surface area (Å²) in [4.78, 5) is 49.8. The topological polar surface area (TPSA) is 121 Å². The third kappa shape index (κ3) is 7.11. The van der Waals surface area contributed by atoms with Crippen molar-refractivity contribution in [3.63, 3.8) is 0 Å². The summed E-state index contributed by atoms with van der Waals surface area (Å²) in [6.07, 6.45) is 4.07. The zero-order valence-corrected chi connectivity index (χ0v) is 30.4. The van der Waals surface area contributed by atoms with Crippen LogP contribution in [-0.2, 0) is 34.6 Å². The van der Waals surface area contributed by atoms with Crippen molar-refractivity contribution in [2.45, 2.75) is 50.0 Å². The maximum atomic E-state index is 13.4. The molecule has 2 N–H and O–H groups in total. The molecule has 5 heterocycles. The van der Waals surface area contributed by atoms with Gasteiger partial charge in [0.2, 0.25) is 0 Å². The van der Waals surface area contributed by atoms with Gasteiger partial charge in [-0.15, -0.1) is 0 Å². The fraction of sp³-hybridized carbons (Fsp3) is 0.415. The second-order valence-corrected chi connectivity index (χ2v) is 14.9. The van der Waals surface area contributed by atoms with Gasteiger partial charge in [0.1, 0.15) is 5.54 Å². The number of anilines is 1. The Morgan fingerprint density at radius 3 is 2.11 bits per heavy atom. The first-order valence-corrected chi connectivity index (χ1v) is 18.6. The third-order valence-electron chi connectivity index (χ3n) is 11.4. The van der Waals surface area contributed by atoms with Gasteiger partial charge in [-0.05, 0) is 84.9 Å². The fourth-order valence-corrected chi connectivity index (χ4v) is 7.95. The summed E-state index contributed by atoms with van der Waals surface area (Å²) in [5.41, 5.74) is 5.93. The van der Waals surface area contributed by atoms with Crippen molar-refractivity contribution in [2.24, 2.45) is 0 Å². The van der Waals surface area contributed by atoms with E-state index in [0.29, 0.717) is 67.4 Å². The summed E-state index contributed by atoms with van der Waals surface area (Å²) in [6, 6.07) is 23.9. The Morgan fingerprint density at radius 2 is 1.49 bits per heavy atom. The Bertz CT molecular complexity index is 1940. The lowest BCUT2D eigenvalue weighted by molar-refractivity contribution is -0.162. The lowest BCUT2D eigenvalue weighted by Crippen LogP contribution is -2.63. The van der Waals surface area contributed by atoms with E-state index < -0.39 is 0 Å². The molecular weight excluding hydrogens is 670 g/mol. The second kappa shape index (κ2) is 14.9. The lowest BCUT2D eigenvalue weighted by atomic mass is 9.88. The molecule has 3 amide bonds. The van der Waals surface area contributed by atoms with Crippen LogP contribution in [0.2, 0.25) is 0 Å². The molecule has 3 aromatic carbocycles. The zero-order chi connectivity index (χ0) is 36.5. The maximum absolute atomic E-state index is 13.4. The predicted molar refractivity (Wildman–Crippen MR) is 200 cm³/mol. The monoisotopic (exact) mass is 717 g/mol. The highest BCUT2D eigenvalue weighted by atomic mass is 16.5. The van der Waals surface area contributed by atoms with Gasteiger partial charge in [0.25, 0.3) is 17.7 Å². The normalized spacial score (nSPS) is 18.8. The summed E-state index contributed by atoms with van der Waals surface area (Å²) >= 11 is 0. The molecule has 0 radical (unpaired) electrons.